The minimum absolute atomic E-state index is 1.25. The number of hydrogen-bond donors (Lipinski definition) is 0. The molecule has 0 nitrogen and oxygen atoms in total. The minimum Gasteiger partial charge on any atom is -0.135 e. The second-order valence-corrected chi connectivity index (χ2v) is 9.42. The summed E-state index contributed by atoms with van der Waals surface area (Å²) in [5.41, 5.74) is 8.83. The van der Waals surface area contributed by atoms with E-state index in [4.69, 9.17) is 0 Å². The van der Waals surface area contributed by atoms with Crippen LogP contribution in [0.5, 0.6) is 0 Å². The van der Waals surface area contributed by atoms with E-state index in [1.54, 1.807) is 0 Å². The number of rotatable bonds is 3. The van der Waals surface area contributed by atoms with Crippen molar-refractivity contribution in [1.82, 2.24) is 0 Å². The van der Waals surface area contributed by atoms with Gasteiger partial charge in [-0.3, -0.25) is 0 Å². The molecule has 0 aliphatic rings. The molecule has 0 bridgehead atoms. The molecule has 6 rings (SSSR count). The van der Waals surface area contributed by atoms with E-state index < -0.39 is 0 Å². The van der Waals surface area contributed by atoms with Crippen molar-refractivity contribution in [2.75, 3.05) is 0 Å². The van der Waals surface area contributed by atoms with Crippen molar-refractivity contribution >= 4 is 31.5 Å². The van der Waals surface area contributed by atoms with Crippen molar-refractivity contribution in [2.45, 2.75) is 6.92 Å². The fourth-order valence-electron chi connectivity index (χ4n) is 4.51. The normalized spacial score (nSPS) is 11.3. The number of aryl methyl sites for hydroxylation is 1. The molecule has 1 heterocycles. The monoisotopic (exact) mass is 426 g/mol. The summed E-state index contributed by atoms with van der Waals surface area (Å²) in [5, 5.41) is 2.70. The Morgan fingerprint density at radius 3 is 1.72 bits per heavy atom. The molecule has 0 amide bonds. The van der Waals surface area contributed by atoms with E-state index in [2.05, 4.69) is 122 Å². The maximum atomic E-state index is 2.33. The summed E-state index contributed by atoms with van der Waals surface area (Å²) in [6.07, 6.45) is 0. The molecule has 5 aromatic carbocycles. The van der Waals surface area contributed by atoms with E-state index in [-0.39, 0.29) is 0 Å². The largest absolute Gasteiger partial charge is 0.135 e. The van der Waals surface area contributed by atoms with E-state index in [0.717, 1.165) is 0 Å². The zero-order valence-corrected chi connectivity index (χ0v) is 18.7. The quantitative estimate of drug-likeness (QED) is 0.264. The summed E-state index contributed by atoms with van der Waals surface area (Å²) >= 11 is 1.87. The molecule has 0 aliphatic carbocycles. The molecule has 6 aromatic rings. The van der Waals surface area contributed by atoms with Gasteiger partial charge in [0, 0.05) is 20.2 Å². The fourth-order valence-corrected chi connectivity index (χ4v) is 5.65. The van der Waals surface area contributed by atoms with Crippen molar-refractivity contribution < 1.29 is 0 Å². The molecule has 1 heteroatoms. The molecular weight excluding hydrogens is 404 g/mol. The van der Waals surface area contributed by atoms with Crippen LogP contribution in [0, 0.1) is 6.92 Å². The Bertz CT molecular complexity index is 1550. The Balaban J connectivity index is 1.36. The predicted octanol–water partition coefficient (Wildman–Crippen LogP) is 9.36. The number of benzene rings is 5. The van der Waals surface area contributed by atoms with Gasteiger partial charge in [0.25, 0.3) is 0 Å². The van der Waals surface area contributed by atoms with E-state index in [9.17, 15) is 0 Å². The highest BCUT2D eigenvalue weighted by Gasteiger charge is 2.08. The first-order chi connectivity index (χ1) is 15.7. The van der Waals surface area contributed by atoms with Crippen LogP contribution in [0.25, 0.3) is 53.6 Å². The van der Waals surface area contributed by atoms with Gasteiger partial charge in [-0.1, -0.05) is 97.1 Å². The van der Waals surface area contributed by atoms with E-state index in [1.807, 2.05) is 11.3 Å². The molecular formula is C31H22S. The van der Waals surface area contributed by atoms with Gasteiger partial charge < -0.3 is 0 Å². The molecule has 0 N–H and O–H groups in total. The van der Waals surface area contributed by atoms with Gasteiger partial charge in [-0.2, -0.15) is 0 Å². The van der Waals surface area contributed by atoms with Gasteiger partial charge in [0.15, 0.2) is 0 Å². The van der Waals surface area contributed by atoms with Crippen LogP contribution in [0.2, 0.25) is 0 Å². The van der Waals surface area contributed by atoms with Crippen LogP contribution in [-0.4, -0.2) is 0 Å². The third-order valence-corrected chi connectivity index (χ3v) is 7.25. The van der Waals surface area contributed by atoms with Gasteiger partial charge in [-0.25, -0.2) is 0 Å². The Kier molecular flexibility index (Phi) is 4.63. The standard InChI is InChI=1S/C31H22S/c1-21-17-26(22-7-3-2-4-8-22)19-27(18-21)24-13-11-23(12-14-24)25-15-16-29-28-9-5-6-10-30(28)32-31(29)20-25/h2-20H,1H3. The Labute approximate surface area is 192 Å². The lowest BCUT2D eigenvalue weighted by Crippen LogP contribution is -1.85. The van der Waals surface area contributed by atoms with Gasteiger partial charge >= 0.3 is 0 Å². The Morgan fingerprint density at radius 1 is 0.406 bits per heavy atom. The number of fused-ring (bicyclic) bond motifs is 3. The van der Waals surface area contributed by atoms with E-state index >= 15 is 0 Å². The molecule has 0 aliphatic heterocycles. The number of thiophene rings is 1. The Morgan fingerprint density at radius 2 is 0.969 bits per heavy atom. The highest BCUT2D eigenvalue weighted by atomic mass is 32.1. The smallest absolute Gasteiger partial charge is 0.0361 e. The number of hydrogen-bond acceptors (Lipinski definition) is 1. The molecule has 0 unspecified atom stereocenters. The zero-order valence-electron chi connectivity index (χ0n) is 17.9. The summed E-state index contributed by atoms with van der Waals surface area (Å²) in [7, 11) is 0. The summed E-state index contributed by atoms with van der Waals surface area (Å²) in [6.45, 7) is 2.17. The van der Waals surface area contributed by atoms with Crippen molar-refractivity contribution in [1.29, 1.82) is 0 Å². The van der Waals surface area contributed by atoms with Crippen LogP contribution < -0.4 is 0 Å². The first-order valence-corrected chi connectivity index (χ1v) is 11.8. The average molecular weight is 427 g/mol. The lowest BCUT2D eigenvalue weighted by molar-refractivity contribution is 1.46. The summed E-state index contributed by atoms with van der Waals surface area (Å²) < 4.78 is 2.70. The van der Waals surface area contributed by atoms with E-state index in [1.165, 1.54) is 59.1 Å². The molecule has 0 saturated heterocycles. The average Bonchev–Trinajstić information content (AvgIpc) is 3.22. The second kappa shape index (κ2) is 7.78. The van der Waals surface area contributed by atoms with Gasteiger partial charge in [0.1, 0.15) is 0 Å². The van der Waals surface area contributed by atoms with Crippen molar-refractivity contribution in [3.8, 4) is 33.4 Å². The molecule has 0 atom stereocenters. The summed E-state index contributed by atoms with van der Waals surface area (Å²) in [4.78, 5) is 0. The SMILES string of the molecule is Cc1cc(-c2ccccc2)cc(-c2ccc(-c3ccc4c(c3)sc3ccccc34)cc2)c1. The van der Waals surface area contributed by atoms with Crippen LogP contribution in [0.4, 0.5) is 0 Å². The van der Waals surface area contributed by atoms with Gasteiger partial charge in [0.2, 0.25) is 0 Å². The fraction of sp³-hybridized carbons (Fsp3) is 0.0323. The molecule has 0 spiro atoms. The van der Waals surface area contributed by atoms with Crippen LogP contribution in [-0.2, 0) is 0 Å². The molecule has 0 radical (unpaired) electrons. The lowest BCUT2D eigenvalue weighted by atomic mass is 9.95. The highest BCUT2D eigenvalue weighted by Crippen LogP contribution is 2.36. The summed E-state index contributed by atoms with van der Waals surface area (Å²) in [5.74, 6) is 0. The van der Waals surface area contributed by atoms with Crippen LogP contribution in [0.3, 0.4) is 0 Å². The van der Waals surface area contributed by atoms with E-state index in [0.29, 0.717) is 0 Å². The topological polar surface area (TPSA) is 0 Å². The van der Waals surface area contributed by atoms with Crippen molar-refractivity contribution in [2.24, 2.45) is 0 Å². The lowest BCUT2D eigenvalue weighted by Gasteiger charge is -2.10. The first-order valence-electron chi connectivity index (χ1n) is 10.9. The van der Waals surface area contributed by atoms with Crippen LogP contribution in [0.1, 0.15) is 5.56 Å². The molecule has 32 heavy (non-hydrogen) atoms. The highest BCUT2D eigenvalue weighted by molar-refractivity contribution is 7.25. The third-order valence-electron chi connectivity index (χ3n) is 6.11. The van der Waals surface area contributed by atoms with Gasteiger partial charge in [-0.05, 0) is 64.1 Å². The van der Waals surface area contributed by atoms with Crippen LogP contribution >= 0.6 is 11.3 Å². The first kappa shape index (κ1) is 19.0. The second-order valence-electron chi connectivity index (χ2n) is 8.34. The third kappa shape index (κ3) is 3.41. The maximum absolute atomic E-state index is 2.33. The van der Waals surface area contributed by atoms with Gasteiger partial charge in [-0.15, -0.1) is 11.3 Å². The molecule has 0 saturated carbocycles. The van der Waals surface area contributed by atoms with Crippen molar-refractivity contribution in [3.05, 3.63) is 121 Å². The minimum atomic E-state index is 1.25. The maximum Gasteiger partial charge on any atom is 0.0361 e. The molecule has 1 aromatic heterocycles. The van der Waals surface area contributed by atoms with Gasteiger partial charge in [0.05, 0.1) is 0 Å². The zero-order chi connectivity index (χ0) is 21.5. The predicted molar refractivity (Wildman–Crippen MR) is 140 cm³/mol. The van der Waals surface area contributed by atoms with Crippen LogP contribution in [0.15, 0.2) is 115 Å². The van der Waals surface area contributed by atoms with Crippen molar-refractivity contribution in [3.63, 3.8) is 0 Å². The summed E-state index contributed by atoms with van der Waals surface area (Å²) in [6, 6.07) is 41.9. The molecule has 0 fully saturated rings. The Hall–Kier alpha value is -3.68. The molecule has 152 valence electrons.